The summed E-state index contributed by atoms with van der Waals surface area (Å²) in [4.78, 5) is 12.1. The maximum atomic E-state index is 13.8. The van der Waals surface area contributed by atoms with E-state index in [1.54, 1.807) is 24.4 Å². The number of para-hydroxylation sites is 1. The highest BCUT2D eigenvalue weighted by atomic mass is 19.1. The van der Waals surface area contributed by atoms with Crippen LogP contribution in [0.15, 0.2) is 54.7 Å². The average molecular weight is 263 g/mol. The number of hydrogen-bond acceptors (Lipinski definition) is 2. The lowest BCUT2D eigenvalue weighted by atomic mass is 10.1. The van der Waals surface area contributed by atoms with Gasteiger partial charge in [-0.15, -0.1) is 0 Å². The Balaban J connectivity index is 2.03. The number of fused-ring (bicyclic) bond motifs is 3. The van der Waals surface area contributed by atoms with Crippen molar-refractivity contribution in [3.8, 4) is 11.3 Å². The summed E-state index contributed by atoms with van der Waals surface area (Å²) < 4.78 is 13.8. The van der Waals surface area contributed by atoms with Crippen LogP contribution >= 0.6 is 0 Å². The molecular formula is C16H10FN3. The number of halogens is 1. The van der Waals surface area contributed by atoms with Gasteiger partial charge in [-0.1, -0.05) is 30.3 Å². The van der Waals surface area contributed by atoms with Crippen LogP contribution in [-0.2, 0) is 0 Å². The van der Waals surface area contributed by atoms with E-state index >= 15 is 0 Å². The third-order valence-corrected chi connectivity index (χ3v) is 3.36. The summed E-state index contributed by atoms with van der Waals surface area (Å²) in [6.45, 7) is 0. The van der Waals surface area contributed by atoms with Gasteiger partial charge in [-0.2, -0.15) is 0 Å². The lowest BCUT2D eigenvalue weighted by Crippen LogP contribution is -1.90. The Kier molecular flexibility index (Phi) is 2.29. The molecule has 0 spiro atoms. The number of rotatable bonds is 1. The van der Waals surface area contributed by atoms with E-state index in [2.05, 4.69) is 15.0 Å². The van der Waals surface area contributed by atoms with Crippen LogP contribution in [0.1, 0.15) is 0 Å². The summed E-state index contributed by atoms with van der Waals surface area (Å²) >= 11 is 0. The molecule has 20 heavy (non-hydrogen) atoms. The number of hydrogen-bond donors (Lipinski definition) is 1. The molecule has 2 heterocycles. The van der Waals surface area contributed by atoms with E-state index in [1.807, 2.05) is 24.3 Å². The van der Waals surface area contributed by atoms with Crippen LogP contribution < -0.4 is 0 Å². The minimum Gasteiger partial charge on any atom is -0.338 e. The maximum absolute atomic E-state index is 13.8. The van der Waals surface area contributed by atoms with Gasteiger partial charge in [-0.25, -0.2) is 14.4 Å². The lowest BCUT2D eigenvalue weighted by molar-refractivity contribution is 0.630. The molecule has 0 fully saturated rings. The number of benzene rings is 2. The number of nitrogens with zero attached hydrogens (tertiary/aromatic N) is 2. The largest absolute Gasteiger partial charge is 0.338 e. The lowest BCUT2D eigenvalue weighted by Gasteiger charge is -2.01. The van der Waals surface area contributed by atoms with Crippen LogP contribution in [0.5, 0.6) is 0 Å². The number of aromatic nitrogens is 3. The molecule has 4 rings (SSSR count). The zero-order chi connectivity index (χ0) is 13.5. The fraction of sp³-hybridized carbons (Fsp3) is 0. The van der Waals surface area contributed by atoms with Crippen molar-refractivity contribution in [3.05, 3.63) is 60.5 Å². The van der Waals surface area contributed by atoms with Crippen molar-refractivity contribution < 1.29 is 4.39 Å². The fourth-order valence-electron chi connectivity index (χ4n) is 2.39. The first-order valence-electron chi connectivity index (χ1n) is 6.31. The predicted molar refractivity (Wildman–Crippen MR) is 76.8 cm³/mol. The van der Waals surface area contributed by atoms with Crippen molar-refractivity contribution in [2.45, 2.75) is 0 Å². The van der Waals surface area contributed by atoms with Gasteiger partial charge in [0.25, 0.3) is 0 Å². The van der Waals surface area contributed by atoms with Gasteiger partial charge in [0.15, 0.2) is 5.65 Å². The van der Waals surface area contributed by atoms with Crippen LogP contribution in [0, 0.1) is 5.82 Å². The third-order valence-electron chi connectivity index (χ3n) is 3.36. The van der Waals surface area contributed by atoms with Gasteiger partial charge in [-0.05, 0) is 18.2 Å². The van der Waals surface area contributed by atoms with Crippen molar-refractivity contribution >= 4 is 22.1 Å². The van der Waals surface area contributed by atoms with Gasteiger partial charge in [0, 0.05) is 16.5 Å². The first kappa shape index (κ1) is 11.1. The summed E-state index contributed by atoms with van der Waals surface area (Å²) in [6, 6.07) is 14.4. The van der Waals surface area contributed by atoms with E-state index < -0.39 is 0 Å². The summed E-state index contributed by atoms with van der Waals surface area (Å²) in [5, 5.41) is 0.994. The van der Waals surface area contributed by atoms with Crippen LogP contribution in [0.3, 0.4) is 0 Å². The van der Waals surface area contributed by atoms with E-state index in [0.29, 0.717) is 16.9 Å². The minimum absolute atomic E-state index is 0.291. The van der Waals surface area contributed by atoms with Gasteiger partial charge < -0.3 is 4.98 Å². The minimum atomic E-state index is -0.291. The zero-order valence-corrected chi connectivity index (χ0v) is 10.5. The van der Waals surface area contributed by atoms with Gasteiger partial charge in [-0.3, -0.25) is 0 Å². The van der Waals surface area contributed by atoms with Gasteiger partial charge in [0.05, 0.1) is 11.9 Å². The molecule has 3 nitrogen and oxygen atoms in total. The molecule has 0 unspecified atom stereocenters. The van der Waals surface area contributed by atoms with E-state index in [-0.39, 0.29) is 5.82 Å². The van der Waals surface area contributed by atoms with Gasteiger partial charge in [0.2, 0.25) is 0 Å². The molecule has 96 valence electrons. The Morgan fingerprint density at radius 2 is 1.75 bits per heavy atom. The number of aromatic amines is 1. The summed E-state index contributed by atoms with van der Waals surface area (Å²) in [6.07, 6.45) is 1.59. The van der Waals surface area contributed by atoms with E-state index in [9.17, 15) is 4.39 Å². The Labute approximate surface area is 114 Å². The molecule has 2 aromatic heterocycles. The monoisotopic (exact) mass is 263 g/mol. The summed E-state index contributed by atoms with van der Waals surface area (Å²) in [5.41, 5.74) is 3.47. The third kappa shape index (κ3) is 1.58. The summed E-state index contributed by atoms with van der Waals surface area (Å²) in [5.74, 6) is -0.291. The maximum Gasteiger partial charge on any atom is 0.157 e. The molecule has 0 bridgehead atoms. The molecule has 1 N–H and O–H groups in total. The van der Waals surface area contributed by atoms with E-state index in [0.717, 1.165) is 16.4 Å². The fourth-order valence-corrected chi connectivity index (χ4v) is 2.39. The van der Waals surface area contributed by atoms with Crippen molar-refractivity contribution in [2.75, 3.05) is 0 Å². The molecule has 0 aliphatic rings. The standard InChI is InChI=1S/C16H10FN3/c17-12-7-3-1-5-10(12)14-9-18-16-15(19-14)11-6-2-4-8-13(11)20-16/h1-9H,(H,18,20). The highest BCUT2D eigenvalue weighted by Crippen LogP contribution is 2.26. The molecule has 0 aliphatic heterocycles. The Morgan fingerprint density at radius 1 is 0.950 bits per heavy atom. The molecule has 0 atom stereocenters. The quantitative estimate of drug-likeness (QED) is 0.565. The highest BCUT2D eigenvalue weighted by molar-refractivity contribution is 6.03. The SMILES string of the molecule is Fc1ccccc1-c1cnc2[nH]c3ccccc3c2n1. The van der Waals surface area contributed by atoms with Crippen molar-refractivity contribution in [1.29, 1.82) is 0 Å². The zero-order valence-electron chi connectivity index (χ0n) is 10.5. The Bertz CT molecular complexity index is 927. The molecule has 4 aromatic rings. The number of nitrogens with one attached hydrogen (secondary N) is 1. The number of H-pyrrole nitrogens is 1. The predicted octanol–water partition coefficient (Wildman–Crippen LogP) is 3.92. The van der Waals surface area contributed by atoms with E-state index in [4.69, 9.17) is 0 Å². The first-order chi connectivity index (χ1) is 9.83. The van der Waals surface area contributed by atoms with Crippen molar-refractivity contribution in [1.82, 2.24) is 15.0 Å². The molecule has 0 amide bonds. The normalized spacial score (nSPS) is 11.2. The highest BCUT2D eigenvalue weighted by Gasteiger charge is 2.10. The van der Waals surface area contributed by atoms with Gasteiger partial charge >= 0.3 is 0 Å². The van der Waals surface area contributed by atoms with Gasteiger partial charge in [0.1, 0.15) is 11.3 Å². The van der Waals surface area contributed by atoms with Crippen molar-refractivity contribution in [2.24, 2.45) is 0 Å². The molecular weight excluding hydrogens is 253 g/mol. The topological polar surface area (TPSA) is 41.6 Å². The van der Waals surface area contributed by atoms with Crippen LogP contribution in [0.4, 0.5) is 4.39 Å². The van der Waals surface area contributed by atoms with Crippen LogP contribution in [0.25, 0.3) is 33.3 Å². The summed E-state index contributed by atoms with van der Waals surface area (Å²) in [7, 11) is 0. The van der Waals surface area contributed by atoms with Crippen LogP contribution in [-0.4, -0.2) is 15.0 Å². The Hall–Kier alpha value is -2.75. The molecule has 0 saturated carbocycles. The molecule has 0 saturated heterocycles. The smallest absolute Gasteiger partial charge is 0.157 e. The van der Waals surface area contributed by atoms with Crippen LogP contribution in [0.2, 0.25) is 0 Å². The van der Waals surface area contributed by atoms with Crippen molar-refractivity contribution in [3.63, 3.8) is 0 Å². The molecule has 0 radical (unpaired) electrons. The molecule has 2 aromatic carbocycles. The second-order valence-electron chi connectivity index (χ2n) is 4.60. The average Bonchev–Trinajstić information content (AvgIpc) is 2.85. The molecule has 0 aliphatic carbocycles. The first-order valence-corrected chi connectivity index (χ1v) is 6.31. The molecule has 4 heteroatoms. The second kappa shape index (κ2) is 4.13. The van der Waals surface area contributed by atoms with E-state index in [1.165, 1.54) is 6.07 Å². The Morgan fingerprint density at radius 3 is 2.65 bits per heavy atom. The second-order valence-corrected chi connectivity index (χ2v) is 4.60.